The minimum absolute atomic E-state index is 0.0459. The third-order valence-electron chi connectivity index (χ3n) is 4.07. The lowest BCUT2D eigenvalue weighted by molar-refractivity contribution is -0.120. The molecule has 1 amide bonds. The molecule has 1 aromatic rings. The predicted molar refractivity (Wildman–Crippen MR) is 82.2 cm³/mol. The van der Waals surface area contributed by atoms with Gasteiger partial charge in [0.15, 0.2) is 5.84 Å². The van der Waals surface area contributed by atoms with Gasteiger partial charge in [-0.3, -0.25) is 4.79 Å². The first-order valence-corrected chi connectivity index (χ1v) is 7.52. The molecule has 0 bridgehead atoms. The van der Waals surface area contributed by atoms with E-state index >= 15 is 0 Å². The summed E-state index contributed by atoms with van der Waals surface area (Å²) in [5, 5.41) is 14.5. The molecule has 0 saturated heterocycles. The number of nitrogens with zero attached hydrogens (tertiary/aromatic N) is 1. The van der Waals surface area contributed by atoms with E-state index in [-0.39, 0.29) is 11.7 Å². The van der Waals surface area contributed by atoms with Crippen molar-refractivity contribution in [2.45, 2.75) is 38.5 Å². The van der Waals surface area contributed by atoms with Crippen molar-refractivity contribution in [3.05, 3.63) is 35.4 Å². The summed E-state index contributed by atoms with van der Waals surface area (Å²) in [6.07, 6.45) is 6.75. The third-order valence-corrected chi connectivity index (χ3v) is 4.07. The summed E-state index contributed by atoms with van der Waals surface area (Å²) >= 11 is 0. The Labute approximate surface area is 125 Å². The first kappa shape index (κ1) is 15.4. The van der Waals surface area contributed by atoms with Crippen molar-refractivity contribution in [1.29, 1.82) is 0 Å². The van der Waals surface area contributed by atoms with Crippen LogP contribution < -0.4 is 11.1 Å². The highest BCUT2D eigenvalue weighted by Gasteiger charge is 2.14. The molecule has 1 aromatic carbocycles. The Morgan fingerprint density at radius 2 is 1.95 bits per heavy atom. The summed E-state index contributed by atoms with van der Waals surface area (Å²) in [6.45, 7) is 0.770. The van der Waals surface area contributed by atoms with Gasteiger partial charge in [-0.25, -0.2) is 0 Å². The zero-order valence-electron chi connectivity index (χ0n) is 12.2. The van der Waals surface area contributed by atoms with Crippen LogP contribution in [0.25, 0.3) is 0 Å². The molecule has 1 saturated carbocycles. The number of hydrogen-bond acceptors (Lipinski definition) is 3. The fourth-order valence-electron chi connectivity index (χ4n) is 2.81. The first-order chi connectivity index (χ1) is 10.2. The molecule has 0 unspecified atom stereocenters. The SMILES string of the molecule is NC(=NO)c1ccc(CC(=O)NCCC2CCCC2)cc1. The number of nitrogens with one attached hydrogen (secondary N) is 1. The normalized spacial score (nSPS) is 16.1. The number of benzene rings is 1. The summed E-state index contributed by atoms with van der Waals surface area (Å²) < 4.78 is 0. The van der Waals surface area contributed by atoms with E-state index in [1.54, 1.807) is 12.1 Å². The Morgan fingerprint density at radius 1 is 1.29 bits per heavy atom. The summed E-state index contributed by atoms with van der Waals surface area (Å²) in [4.78, 5) is 11.9. The van der Waals surface area contributed by atoms with Crippen LogP contribution in [0.15, 0.2) is 29.4 Å². The lowest BCUT2D eigenvalue weighted by atomic mass is 10.0. The molecule has 1 aliphatic rings. The van der Waals surface area contributed by atoms with E-state index in [2.05, 4.69) is 10.5 Å². The molecule has 0 atom stereocenters. The lowest BCUT2D eigenvalue weighted by Gasteiger charge is -2.10. The zero-order chi connectivity index (χ0) is 15.1. The topological polar surface area (TPSA) is 87.7 Å². The molecule has 114 valence electrons. The summed E-state index contributed by atoms with van der Waals surface area (Å²) in [7, 11) is 0. The molecule has 0 radical (unpaired) electrons. The molecule has 4 N–H and O–H groups in total. The first-order valence-electron chi connectivity index (χ1n) is 7.52. The van der Waals surface area contributed by atoms with E-state index in [1.165, 1.54) is 25.7 Å². The Hall–Kier alpha value is -2.04. The van der Waals surface area contributed by atoms with Crippen LogP contribution in [0.4, 0.5) is 0 Å². The van der Waals surface area contributed by atoms with Crippen LogP contribution >= 0.6 is 0 Å². The molecule has 1 fully saturated rings. The van der Waals surface area contributed by atoms with Gasteiger partial charge in [-0.1, -0.05) is 55.1 Å². The maximum absolute atomic E-state index is 11.9. The quantitative estimate of drug-likeness (QED) is 0.324. The monoisotopic (exact) mass is 289 g/mol. The molecule has 0 aromatic heterocycles. The minimum Gasteiger partial charge on any atom is -0.409 e. The lowest BCUT2D eigenvalue weighted by Crippen LogP contribution is -2.27. The van der Waals surface area contributed by atoms with Gasteiger partial charge in [0.2, 0.25) is 5.91 Å². The van der Waals surface area contributed by atoms with E-state index in [9.17, 15) is 4.79 Å². The van der Waals surface area contributed by atoms with Crippen LogP contribution in [0.5, 0.6) is 0 Å². The van der Waals surface area contributed by atoms with Gasteiger partial charge in [0.1, 0.15) is 0 Å². The number of oxime groups is 1. The second kappa shape index (κ2) is 7.67. The molecule has 0 aliphatic heterocycles. The van der Waals surface area contributed by atoms with Crippen LogP contribution in [-0.4, -0.2) is 23.5 Å². The van der Waals surface area contributed by atoms with Gasteiger partial charge in [0, 0.05) is 12.1 Å². The molecule has 0 heterocycles. The van der Waals surface area contributed by atoms with Crippen molar-refractivity contribution in [2.75, 3.05) is 6.54 Å². The van der Waals surface area contributed by atoms with Crippen molar-refractivity contribution < 1.29 is 10.0 Å². The van der Waals surface area contributed by atoms with Gasteiger partial charge in [-0.05, 0) is 17.9 Å². The van der Waals surface area contributed by atoms with Gasteiger partial charge in [-0.2, -0.15) is 0 Å². The number of amidine groups is 1. The largest absolute Gasteiger partial charge is 0.409 e. The zero-order valence-corrected chi connectivity index (χ0v) is 12.2. The van der Waals surface area contributed by atoms with E-state index in [4.69, 9.17) is 10.9 Å². The standard InChI is InChI=1S/C16H23N3O2/c17-16(19-21)14-7-5-13(6-8-14)11-15(20)18-10-9-12-3-1-2-4-12/h5-8,12,21H,1-4,9-11H2,(H2,17,19)(H,18,20). The summed E-state index contributed by atoms with van der Waals surface area (Å²) in [5.41, 5.74) is 7.05. The van der Waals surface area contributed by atoms with Crippen molar-refractivity contribution in [3.63, 3.8) is 0 Å². The van der Waals surface area contributed by atoms with Gasteiger partial charge in [0.05, 0.1) is 6.42 Å². The highest BCUT2D eigenvalue weighted by atomic mass is 16.4. The van der Waals surface area contributed by atoms with Crippen molar-refractivity contribution in [2.24, 2.45) is 16.8 Å². The van der Waals surface area contributed by atoms with E-state index in [0.29, 0.717) is 12.0 Å². The van der Waals surface area contributed by atoms with Crippen LogP contribution in [-0.2, 0) is 11.2 Å². The van der Waals surface area contributed by atoms with Crippen LogP contribution in [0, 0.1) is 5.92 Å². The molecular formula is C16H23N3O2. The van der Waals surface area contributed by atoms with E-state index in [1.807, 2.05) is 12.1 Å². The van der Waals surface area contributed by atoms with Crippen LogP contribution in [0.2, 0.25) is 0 Å². The van der Waals surface area contributed by atoms with Crippen molar-refractivity contribution in [3.8, 4) is 0 Å². The Bertz CT molecular complexity index is 491. The van der Waals surface area contributed by atoms with Gasteiger partial charge in [-0.15, -0.1) is 0 Å². The van der Waals surface area contributed by atoms with Crippen molar-refractivity contribution >= 4 is 11.7 Å². The molecule has 1 aliphatic carbocycles. The highest BCUT2D eigenvalue weighted by molar-refractivity contribution is 5.97. The molecule has 5 nitrogen and oxygen atoms in total. The second-order valence-corrected chi connectivity index (χ2v) is 5.65. The summed E-state index contributed by atoms with van der Waals surface area (Å²) in [6, 6.07) is 7.14. The fraction of sp³-hybridized carbons (Fsp3) is 0.500. The van der Waals surface area contributed by atoms with E-state index in [0.717, 1.165) is 24.4 Å². The van der Waals surface area contributed by atoms with Gasteiger partial charge >= 0.3 is 0 Å². The maximum Gasteiger partial charge on any atom is 0.224 e. The Kier molecular flexibility index (Phi) is 5.60. The highest BCUT2D eigenvalue weighted by Crippen LogP contribution is 2.26. The van der Waals surface area contributed by atoms with Gasteiger partial charge < -0.3 is 16.3 Å². The molecule has 21 heavy (non-hydrogen) atoms. The fourth-order valence-corrected chi connectivity index (χ4v) is 2.81. The summed E-state index contributed by atoms with van der Waals surface area (Å²) in [5.74, 6) is 0.914. The van der Waals surface area contributed by atoms with E-state index < -0.39 is 0 Å². The van der Waals surface area contributed by atoms with Crippen molar-refractivity contribution in [1.82, 2.24) is 5.32 Å². The number of rotatable bonds is 6. The molecule has 5 heteroatoms. The molecule has 0 spiro atoms. The smallest absolute Gasteiger partial charge is 0.224 e. The number of carbonyl (C=O) groups excluding carboxylic acids is 1. The molecular weight excluding hydrogens is 266 g/mol. The maximum atomic E-state index is 11.9. The average Bonchev–Trinajstić information content (AvgIpc) is 3.00. The predicted octanol–water partition coefficient (Wildman–Crippen LogP) is 2.02. The Balaban J connectivity index is 1.74. The Morgan fingerprint density at radius 3 is 2.57 bits per heavy atom. The number of hydrogen-bond donors (Lipinski definition) is 3. The van der Waals surface area contributed by atoms with Crippen LogP contribution in [0.3, 0.4) is 0 Å². The minimum atomic E-state index is 0.0459. The number of amides is 1. The van der Waals surface area contributed by atoms with Crippen LogP contribution in [0.1, 0.15) is 43.2 Å². The average molecular weight is 289 g/mol. The molecule has 2 rings (SSSR count). The number of carbonyl (C=O) groups is 1. The van der Waals surface area contributed by atoms with Gasteiger partial charge in [0.25, 0.3) is 0 Å². The second-order valence-electron chi connectivity index (χ2n) is 5.65. The number of nitrogens with two attached hydrogens (primary N) is 1. The third kappa shape index (κ3) is 4.77.